The number of hydrogen-bond acceptors (Lipinski definition) is 2. The van der Waals surface area contributed by atoms with Crippen molar-refractivity contribution in [2.45, 2.75) is 6.18 Å². The first-order valence-electron chi connectivity index (χ1n) is 5.64. The van der Waals surface area contributed by atoms with E-state index in [1.165, 1.54) is 18.2 Å². The van der Waals surface area contributed by atoms with Gasteiger partial charge < -0.3 is 10.5 Å². The van der Waals surface area contributed by atoms with Gasteiger partial charge in [0, 0.05) is 21.8 Å². The Morgan fingerprint density at radius 1 is 1.24 bits per heavy atom. The van der Waals surface area contributed by atoms with Crippen molar-refractivity contribution in [1.29, 1.82) is 5.41 Å². The van der Waals surface area contributed by atoms with E-state index in [4.69, 9.17) is 17.0 Å². The summed E-state index contributed by atoms with van der Waals surface area (Å²) in [7, 11) is 0. The van der Waals surface area contributed by atoms with Crippen molar-refractivity contribution < 1.29 is 18.3 Å². The summed E-state index contributed by atoms with van der Waals surface area (Å²) in [6.45, 7) is 0. The lowest BCUT2D eigenvalue weighted by Gasteiger charge is -2.13. The predicted molar refractivity (Wildman–Crippen MR) is 79.1 cm³/mol. The summed E-state index contributed by atoms with van der Waals surface area (Å²) >= 11 is 9.22. The first-order chi connectivity index (χ1) is 9.75. The monoisotopic (exact) mass is 377 g/mol. The fourth-order valence-electron chi connectivity index (χ4n) is 1.85. The summed E-state index contributed by atoms with van der Waals surface area (Å²) in [6.07, 6.45) is -3.56. The minimum absolute atomic E-state index is 0.109. The SMILES string of the molecule is N=Cc1cc(Br)c(-c2cccc(C(F)(F)F)c2)c(Cl)c1O. The molecule has 2 N–H and O–H groups in total. The van der Waals surface area contributed by atoms with Crippen molar-refractivity contribution in [1.82, 2.24) is 0 Å². The van der Waals surface area contributed by atoms with Gasteiger partial charge in [-0.3, -0.25) is 0 Å². The quantitative estimate of drug-likeness (QED) is 0.667. The van der Waals surface area contributed by atoms with E-state index in [9.17, 15) is 18.3 Å². The van der Waals surface area contributed by atoms with Crippen molar-refractivity contribution in [2.75, 3.05) is 0 Å². The first-order valence-corrected chi connectivity index (χ1v) is 6.82. The van der Waals surface area contributed by atoms with Crippen molar-refractivity contribution in [3.05, 3.63) is 51.0 Å². The standard InChI is InChI=1S/C14H8BrClF3NO/c15-10-5-8(6-20)13(21)12(16)11(10)7-2-1-3-9(4-7)14(17,18)19/h1-6,20-21H. The second kappa shape index (κ2) is 5.69. The minimum Gasteiger partial charge on any atom is -0.506 e. The molecule has 2 aromatic rings. The van der Waals surface area contributed by atoms with Crippen LogP contribution in [-0.4, -0.2) is 11.3 Å². The van der Waals surface area contributed by atoms with Crippen LogP contribution in [0.25, 0.3) is 11.1 Å². The first kappa shape index (κ1) is 15.9. The van der Waals surface area contributed by atoms with Crippen LogP contribution in [0, 0.1) is 5.41 Å². The topological polar surface area (TPSA) is 44.1 Å². The highest BCUT2D eigenvalue weighted by Crippen LogP contribution is 2.43. The largest absolute Gasteiger partial charge is 0.506 e. The van der Waals surface area contributed by atoms with E-state index < -0.39 is 11.7 Å². The Balaban J connectivity index is 2.68. The molecule has 0 aliphatic heterocycles. The van der Waals surface area contributed by atoms with E-state index in [2.05, 4.69) is 15.9 Å². The van der Waals surface area contributed by atoms with Gasteiger partial charge in [-0.2, -0.15) is 13.2 Å². The van der Waals surface area contributed by atoms with Gasteiger partial charge in [0.2, 0.25) is 0 Å². The molecule has 0 bridgehead atoms. The van der Waals surface area contributed by atoms with Gasteiger partial charge in [-0.25, -0.2) is 0 Å². The number of alkyl halides is 3. The number of benzene rings is 2. The molecule has 0 spiro atoms. The number of aromatic hydroxyl groups is 1. The van der Waals surface area contributed by atoms with Crippen LogP contribution < -0.4 is 0 Å². The zero-order valence-corrected chi connectivity index (χ0v) is 12.6. The van der Waals surface area contributed by atoms with Gasteiger partial charge in [0.25, 0.3) is 0 Å². The smallest absolute Gasteiger partial charge is 0.416 e. The van der Waals surface area contributed by atoms with Crippen molar-refractivity contribution in [3.8, 4) is 16.9 Å². The van der Waals surface area contributed by atoms with Gasteiger partial charge >= 0.3 is 6.18 Å². The lowest BCUT2D eigenvalue weighted by Crippen LogP contribution is -2.04. The van der Waals surface area contributed by atoms with E-state index in [1.54, 1.807) is 0 Å². The summed E-state index contributed by atoms with van der Waals surface area (Å²) in [5.41, 5.74) is -0.180. The predicted octanol–water partition coefficient (Wildman–Crippen LogP) is 5.49. The number of hydrogen-bond donors (Lipinski definition) is 2. The summed E-state index contributed by atoms with van der Waals surface area (Å²) in [6, 6.07) is 6.06. The Labute approximate surface area is 131 Å². The van der Waals surface area contributed by atoms with Crippen LogP contribution in [0.2, 0.25) is 5.02 Å². The normalized spacial score (nSPS) is 11.5. The average molecular weight is 379 g/mol. The van der Waals surface area contributed by atoms with Crippen LogP contribution in [0.15, 0.2) is 34.8 Å². The van der Waals surface area contributed by atoms with Crippen molar-refractivity contribution >= 4 is 33.7 Å². The van der Waals surface area contributed by atoms with E-state index in [0.29, 0.717) is 4.47 Å². The highest BCUT2D eigenvalue weighted by molar-refractivity contribution is 9.10. The van der Waals surface area contributed by atoms with Gasteiger partial charge in [-0.15, -0.1) is 0 Å². The molecule has 0 radical (unpaired) electrons. The molecule has 110 valence electrons. The fraction of sp³-hybridized carbons (Fsp3) is 0.0714. The number of halogens is 5. The molecule has 21 heavy (non-hydrogen) atoms. The molecule has 0 aromatic heterocycles. The molecule has 0 amide bonds. The summed E-state index contributed by atoms with van der Waals surface area (Å²) in [5.74, 6) is -0.345. The highest BCUT2D eigenvalue weighted by atomic mass is 79.9. The minimum atomic E-state index is -4.47. The van der Waals surface area contributed by atoms with Gasteiger partial charge in [0.1, 0.15) is 5.75 Å². The summed E-state index contributed by atoms with van der Waals surface area (Å²) in [5, 5.41) is 16.9. The number of phenols is 1. The van der Waals surface area contributed by atoms with Gasteiger partial charge in [-0.1, -0.05) is 39.7 Å². The van der Waals surface area contributed by atoms with Crippen LogP contribution >= 0.6 is 27.5 Å². The van der Waals surface area contributed by atoms with Crippen molar-refractivity contribution in [3.63, 3.8) is 0 Å². The third kappa shape index (κ3) is 3.06. The van der Waals surface area contributed by atoms with E-state index in [-0.39, 0.29) is 27.5 Å². The number of nitrogens with one attached hydrogen (secondary N) is 1. The average Bonchev–Trinajstić information content (AvgIpc) is 2.42. The molecule has 0 aliphatic rings. The van der Waals surface area contributed by atoms with Crippen LogP contribution in [0.3, 0.4) is 0 Å². The third-order valence-electron chi connectivity index (χ3n) is 2.86. The molecule has 0 atom stereocenters. The molecule has 0 saturated carbocycles. The highest BCUT2D eigenvalue weighted by Gasteiger charge is 2.31. The number of phenolic OH excluding ortho intramolecular Hbond substituents is 1. The molecule has 0 saturated heterocycles. The molecule has 0 heterocycles. The maximum absolute atomic E-state index is 12.8. The maximum Gasteiger partial charge on any atom is 0.416 e. The Hall–Kier alpha value is -1.53. The zero-order valence-electron chi connectivity index (χ0n) is 10.3. The summed E-state index contributed by atoms with van der Waals surface area (Å²) < 4.78 is 38.7. The molecule has 2 nitrogen and oxygen atoms in total. The second-order valence-electron chi connectivity index (χ2n) is 4.21. The molecule has 0 aliphatic carbocycles. The Kier molecular flexibility index (Phi) is 4.30. The van der Waals surface area contributed by atoms with Gasteiger partial charge in [0.15, 0.2) is 0 Å². The van der Waals surface area contributed by atoms with Crippen LogP contribution in [0.4, 0.5) is 13.2 Å². The summed E-state index contributed by atoms with van der Waals surface area (Å²) in [4.78, 5) is 0. The molecule has 2 aromatic carbocycles. The Morgan fingerprint density at radius 3 is 2.48 bits per heavy atom. The molecule has 7 heteroatoms. The molecule has 0 fully saturated rings. The van der Waals surface area contributed by atoms with Crippen LogP contribution in [0.5, 0.6) is 5.75 Å². The molecule has 0 unspecified atom stereocenters. The molecular formula is C14H8BrClF3NO. The van der Waals surface area contributed by atoms with Gasteiger partial charge in [-0.05, 0) is 23.8 Å². The van der Waals surface area contributed by atoms with Crippen molar-refractivity contribution in [2.24, 2.45) is 0 Å². The molecular weight excluding hydrogens is 371 g/mol. The second-order valence-corrected chi connectivity index (χ2v) is 5.44. The fourth-order valence-corrected chi connectivity index (χ4v) is 2.96. The van der Waals surface area contributed by atoms with Gasteiger partial charge in [0.05, 0.1) is 10.6 Å². The molecule has 2 rings (SSSR count). The van der Waals surface area contributed by atoms with E-state index >= 15 is 0 Å². The third-order valence-corrected chi connectivity index (χ3v) is 3.85. The Morgan fingerprint density at radius 2 is 1.90 bits per heavy atom. The lowest BCUT2D eigenvalue weighted by molar-refractivity contribution is -0.137. The van der Waals surface area contributed by atoms with Crippen LogP contribution in [-0.2, 0) is 6.18 Å². The lowest BCUT2D eigenvalue weighted by atomic mass is 10.0. The number of rotatable bonds is 2. The maximum atomic E-state index is 12.8. The Bertz CT molecular complexity index is 716. The van der Waals surface area contributed by atoms with Crippen LogP contribution in [0.1, 0.15) is 11.1 Å². The zero-order chi connectivity index (χ0) is 15.8. The van der Waals surface area contributed by atoms with E-state index in [0.717, 1.165) is 18.3 Å². The van der Waals surface area contributed by atoms with E-state index in [1.807, 2.05) is 0 Å².